The van der Waals surface area contributed by atoms with Gasteiger partial charge in [0.25, 0.3) is 0 Å². The van der Waals surface area contributed by atoms with Gasteiger partial charge in [-0.05, 0) is 44.0 Å². The first kappa shape index (κ1) is 13.3. The predicted molar refractivity (Wildman–Crippen MR) is 70.2 cm³/mol. The molecule has 0 radical (unpaired) electrons. The van der Waals surface area contributed by atoms with Gasteiger partial charge < -0.3 is 10.1 Å². The first-order valence-corrected chi connectivity index (χ1v) is 5.78. The number of benzene rings is 1. The summed E-state index contributed by atoms with van der Waals surface area (Å²) in [6, 6.07) is 6.20. The van der Waals surface area contributed by atoms with Gasteiger partial charge in [0.2, 0.25) is 0 Å². The molecule has 3 heteroatoms. The Morgan fingerprint density at radius 2 is 2.12 bits per heavy atom. The summed E-state index contributed by atoms with van der Waals surface area (Å²) in [5.41, 5.74) is 3.59. The fourth-order valence-electron chi connectivity index (χ4n) is 1.37. The molecule has 1 N–H and O–H groups in total. The molecule has 0 fully saturated rings. The van der Waals surface area contributed by atoms with E-state index in [0.717, 1.165) is 5.69 Å². The zero-order chi connectivity index (χ0) is 12.7. The van der Waals surface area contributed by atoms with Crippen molar-refractivity contribution in [1.82, 2.24) is 0 Å². The Labute approximate surface area is 102 Å². The Morgan fingerprint density at radius 3 is 2.76 bits per heavy atom. The third-order valence-corrected chi connectivity index (χ3v) is 2.47. The minimum atomic E-state index is -0.297. The smallest absolute Gasteiger partial charge is 0.330 e. The molecule has 0 unspecified atom stereocenters. The number of carbonyl (C=O) groups is 1. The number of esters is 1. The van der Waals surface area contributed by atoms with E-state index in [1.165, 1.54) is 17.2 Å². The molecule has 0 aromatic heterocycles. The van der Waals surface area contributed by atoms with Crippen LogP contribution in [0.2, 0.25) is 0 Å². The van der Waals surface area contributed by atoms with Crippen LogP contribution in [0.5, 0.6) is 0 Å². The van der Waals surface area contributed by atoms with E-state index < -0.39 is 0 Å². The molecule has 0 saturated carbocycles. The van der Waals surface area contributed by atoms with E-state index >= 15 is 0 Å². The largest absolute Gasteiger partial charge is 0.463 e. The highest BCUT2D eigenvalue weighted by atomic mass is 16.5. The number of hydrogen-bond acceptors (Lipinski definition) is 3. The lowest BCUT2D eigenvalue weighted by atomic mass is 10.1. The van der Waals surface area contributed by atoms with Gasteiger partial charge in [-0.3, -0.25) is 0 Å². The summed E-state index contributed by atoms with van der Waals surface area (Å²) in [6.07, 6.45) is 3.20. The van der Waals surface area contributed by atoms with Crippen LogP contribution in [0.1, 0.15) is 18.1 Å². The van der Waals surface area contributed by atoms with Gasteiger partial charge in [0.05, 0.1) is 6.61 Å². The van der Waals surface area contributed by atoms with Gasteiger partial charge in [0.1, 0.15) is 0 Å². The van der Waals surface area contributed by atoms with E-state index in [9.17, 15) is 4.79 Å². The van der Waals surface area contributed by atoms with E-state index in [1.54, 1.807) is 13.0 Å². The van der Waals surface area contributed by atoms with Crippen molar-refractivity contribution >= 4 is 11.7 Å². The Morgan fingerprint density at radius 1 is 1.35 bits per heavy atom. The maximum Gasteiger partial charge on any atom is 0.330 e. The molecular formula is C14H19NO2. The lowest BCUT2D eigenvalue weighted by molar-refractivity contribution is -0.137. The summed E-state index contributed by atoms with van der Waals surface area (Å²) < 4.78 is 4.78. The van der Waals surface area contributed by atoms with Crippen LogP contribution in [-0.4, -0.2) is 19.1 Å². The van der Waals surface area contributed by atoms with Crippen LogP contribution in [0, 0.1) is 13.8 Å². The number of nitrogens with one attached hydrogen (secondary N) is 1. The molecule has 1 aromatic carbocycles. The summed E-state index contributed by atoms with van der Waals surface area (Å²) in [6.45, 7) is 6.98. The average molecular weight is 233 g/mol. The van der Waals surface area contributed by atoms with Crippen molar-refractivity contribution in [3.63, 3.8) is 0 Å². The van der Waals surface area contributed by atoms with E-state index in [0.29, 0.717) is 13.2 Å². The number of rotatable bonds is 5. The predicted octanol–water partition coefficient (Wildman–Crippen LogP) is 2.83. The van der Waals surface area contributed by atoms with Crippen LogP contribution in [0.15, 0.2) is 30.4 Å². The lowest BCUT2D eigenvalue weighted by Crippen LogP contribution is -2.02. The number of anilines is 1. The SMILES string of the molecule is CCOC(=O)/C=C/CNc1ccc(C)c(C)c1. The molecule has 17 heavy (non-hydrogen) atoms. The highest BCUT2D eigenvalue weighted by Crippen LogP contribution is 2.13. The second-order valence-electron chi connectivity index (χ2n) is 3.83. The number of aryl methyl sites for hydroxylation is 2. The first-order chi connectivity index (χ1) is 8.13. The molecule has 92 valence electrons. The van der Waals surface area contributed by atoms with Crippen LogP contribution < -0.4 is 5.32 Å². The molecule has 0 bridgehead atoms. The normalized spacial score (nSPS) is 10.5. The molecule has 1 rings (SSSR count). The van der Waals surface area contributed by atoms with Gasteiger partial charge >= 0.3 is 5.97 Å². The third kappa shape index (κ3) is 4.72. The fraction of sp³-hybridized carbons (Fsp3) is 0.357. The van der Waals surface area contributed by atoms with Crippen molar-refractivity contribution in [2.45, 2.75) is 20.8 Å². The summed E-state index contributed by atoms with van der Waals surface area (Å²) in [5.74, 6) is -0.297. The van der Waals surface area contributed by atoms with Gasteiger partial charge in [-0.1, -0.05) is 12.1 Å². The minimum absolute atomic E-state index is 0.297. The summed E-state index contributed by atoms with van der Waals surface area (Å²) in [5, 5.41) is 3.22. The van der Waals surface area contributed by atoms with E-state index in [1.807, 2.05) is 6.07 Å². The minimum Gasteiger partial charge on any atom is -0.463 e. The average Bonchev–Trinajstić information content (AvgIpc) is 2.29. The van der Waals surface area contributed by atoms with Crippen molar-refractivity contribution in [2.75, 3.05) is 18.5 Å². The fourth-order valence-corrected chi connectivity index (χ4v) is 1.37. The van der Waals surface area contributed by atoms with Crippen LogP contribution in [0.25, 0.3) is 0 Å². The summed E-state index contributed by atoms with van der Waals surface area (Å²) >= 11 is 0. The molecule has 0 amide bonds. The topological polar surface area (TPSA) is 38.3 Å². The van der Waals surface area contributed by atoms with Crippen molar-refractivity contribution in [3.05, 3.63) is 41.5 Å². The standard InChI is InChI=1S/C14H19NO2/c1-4-17-14(16)6-5-9-15-13-8-7-11(2)12(3)10-13/h5-8,10,15H,4,9H2,1-3H3/b6-5+. The van der Waals surface area contributed by atoms with E-state index in [-0.39, 0.29) is 5.97 Å². The Balaban J connectivity index is 2.40. The van der Waals surface area contributed by atoms with E-state index in [4.69, 9.17) is 4.74 Å². The second kappa shape index (κ2) is 6.74. The van der Waals surface area contributed by atoms with Gasteiger partial charge in [0, 0.05) is 18.3 Å². The van der Waals surface area contributed by atoms with Crippen LogP contribution in [-0.2, 0) is 9.53 Å². The van der Waals surface area contributed by atoms with Crippen molar-refractivity contribution < 1.29 is 9.53 Å². The quantitative estimate of drug-likeness (QED) is 0.627. The van der Waals surface area contributed by atoms with Gasteiger partial charge in [0.15, 0.2) is 0 Å². The number of ether oxygens (including phenoxy) is 1. The molecule has 1 aromatic rings. The number of carbonyl (C=O) groups excluding carboxylic acids is 1. The Kier molecular flexibility index (Phi) is 5.27. The van der Waals surface area contributed by atoms with Gasteiger partial charge in [-0.15, -0.1) is 0 Å². The molecule has 0 saturated heterocycles. The Bertz CT molecular complexity index is 411. The molecule has 0 aliphatic rings. The van der Waals surface area contributed by atoms with Crippen molar-refractivity contribution in [3.8, 4) is 0 Å². The maximum absolute atomic E-state index is 11.0. The molecular weight excluding hydrogens is 214 g/mol. The highest BCUT2D eigenvalue weighted by molar-refractivity contribution is 5.81. The van der Waals surface area contributed by atoms with Crippen LogP contribution in [0.4, 0.5) is 5.69 Å². The number of hydrogen-bond donors (Lipinski definition) is 1. The Hall–Kier alpha value is -1.77. The molecule has 0 atom stereocenters. The highest BCUT2D eigenvalue weighted by Gasteiger charge is 1.95. The third-order valence-electron chi connectivity index (χ3n) is 2.47. The molecule has 0 heterocycles. The van der Waals surface area contributed by atoms with Gasteiger partial charge in [-0.2, -0.15) is 0 Å². The monoisotopic (exact) mass is 233 g/mol. The lowest BCUT2D eigenvalue weighted by Gasteiger charge is -2.06. The van der Waals surface area contributed by atoms with Crippen molar-refractivity contribution in [2.24, 2.45) is 0 Å². The zero-order valence-electron chi connectivity index (χ0n) is 10.6. The molecule has 0 aliphatic carbocycles. The van der Waals surface area contributed by atoms with E-state index in [2.05, 4.69) is 31.3 Å². The molecule has 0 spiro atoms. The first-order valence-electron chi connectivity index (χ1n) is 5.78. The van der Waals surface area contributed by atoms with Crippen LogP contribution >= 0.6 is 0 Å². The summed E-state index contributed by atoms with van der Waals surface area (Å²) in [4.78, 5) is 11.0. The second-order valence-corrected chi connectivity index (χ2v) is 3.83. The maximum atomic E-state index is 11.0. The van der Waals surface area contributed by atoms with Crippen LogP contribution in [0.3, 0.4) is 0 Å². The van der Waals surface area contributed by atoms with Gasteiger partial charge in [-0.25, -0.2) is 4.79 Å². The zero-order valence-corrected chi connectivity index (χ0v) is 10.6. The summed E-state index contributed by atoms with van der Waals surface area (Å²) in [7, 11) is 0. The van der Waals surface area contributed by atoms with Crippen molar-refractivity contribution in [1.29, 1.82) is 0 Å². The molecule has 3 nitrogen and oxygen atoms in total. The molecule has 0 aliphatic heterocycles.